The van der Waals surface area contributed by atoms with Gasteiger partial charge in [-0.2, -0.15) is 0 Å². The van der Waals surface area contributed by atoms with Crippen LogP contribution in [0.1, 0.15) is 0 Å². The standard InChI is InChI=1S/C22H14O/c1-2-8-16-15(7-1)13-14-20-18-10-4-3-9-17(18)19-11-5-6-12-21(19)23-22(16)20/h1-14H. The average molecular weight is 294 g/mol. The molecule has 4 aromatic carbocycles. The highest BCUT2D eigenvalue weighted by molar-refractivity contribution is 6.00. The van der Waals surface area contributed by atoms with Crippen LogP contribution < -0.4 is 4.74 Å². The molecular weight excluding hydrogens is 280 g/mol. The van der Waals surface area contributed by atoms with Crippen molar-refractivity contribution in [1.29, 1.82) is 0 Å². The van der Waals surface area contributed by atoms with Crippen molar-refractivity contribution in [2.45, 2.75) is 0 Å². The molecule has 1 nitrogen and oxygen atoms in total. The highest BCUT2D eigenvalue weighted by atomic mass is 16.5. The van der Waals surface area contributed by atoms with Crippen molar-refractivity contribution in [3.8, 4) is 33.8 Å². The summed E-state index contributed by atoms with van der Waals surface area (Å²) in [6, 6.07) is 29.5. The fourth-order valence-electron chi connectivity index (χ4n) is 3.41. The lowest BCUT2D eigenvalue weighted by Gasteiger charge is -2.12. The Hall–Kier alpha value is -3.06. The third-order valence-electron chi connectivity index (χ3n) is 4.49. The van der Waals surface area contributed by atoms with Gasteiger partial charge in [0.05, 0.1) is 0 Å². The van der Waals surface area contributed by atoms with E-state index in [2.05, 4.69) is 72.8 Å². The van der Waals surface area contributed by atoms with E-state index in [1.807, 2.05) is 12.1 Å². The number of hydrogen-bond donors (Lipinski definition) is 0. The summed E-state index contributed by atoms with van der Waals surface area (Å²) in [6.07, 6.45) is 0. The van der Waals surface area contributed by atoms with Gasteiger partial charge in [0.15, 0.2) is 0 Å². The van der Waals surface area contributed by atoms with Crippen molar-refractivity contribution < 1.29 is 4.74 Å². The molecular formula is C22H14O. The molecule has 0 radical (unpaired) electrons. The zero-order valence-electron chi connectivity index (χ0n) is 12.5. The summed E-state index contributed by atoms with van der Waals surface area (Å²) in [5.41, 5.74) is 4.73. The molecule has 1 aliphatic rings. The van der Waals surface area contributed by atoms with E-state index in [-0.39, 0.29) is 0 Å². The van der Waals surface area contributed by atoms with Gasteiger partial charge in [-0.15, -0.1) is 0 Å². The fraction of sp³-hybridized carbons (Fsp3) is 0. The molecule has 0 saturated carbocycles. The summed E-state index contributed by atoms with van der Waals surface area (Å²) in [5.74, 6) is 1.86. The smallest absolute Gasteiger partial charge is 0.143 e. The molecule has 0 bridgehead atoms. The van der Waals surface area contributed by atoms with Gasteiger partial charge in [0.25, 0.3) is 0 Å². The van der Waals surface area contributed by atoms with Crippen LogP contribution in [0.15, 0.2) is 84.9 Å². The molecule has 108 valence electrons. The lowest BCUT2D eigenvalue weighted by Crippen LogP contribution is -1.88. The maximum absolute atomic E-state index is 6.40. The van der Waals surface area contributed by atoms with Gasteiger partial charge < -0.3 is 4.74 Å². The van der Waals surface area contributed by atoms with Crippen molar-refractivity contribution >= 4 is 10.8 Å². The Balaban J connectivity index is 1.95. The molecule has 0 N–H and O–H groups in total. The van der Waals surface area contributed by atoms with Crippen molar-refractivity contribution in [3.63, 3.8) is 0 Å². The third-order valence-corrected chi connectivity index (χ3v) is 4.49. The molecule has 0 saturated heterocycles. The molecule has 0 atom stereocenters. The first kappa shape index (κ1) is 12.5. The maximum atomic E-state index is 6.40. The van der Waals surface area contributed by atoms with Gasteiger partial charge in [0.1, 0.15) is 11.5 Å². The second-order valence-electron chi connectivity index (χ2n) is 5.81. The maximum Gasteiger partial charge on any atom is 0.143 e. The van der Waals surface area contributed by atoms with Crippen molar-refractivity contribution in [1.82, 2.24) is 0 Å². The number of ether oxygens (including phenoxy) is 1. The minimum Gasteiger partial charge on any atom is -0.455 e. The molecule has 0 amide bonds. The molecule has 0 fully saturated rings. The van der Waals surface area contributed by atoms with E-state index in [1.165, 1.54) is 16.5 Å². The van der Waals surface area contributed by atoms with Gasteiger partial charge in [-0.25, -0.2) is 0 Å². The van der Waals surface area contributed by atoms with E-state index >= 15 is 0 Å². The van der Waals surface area contributed by atoms with Crippen LogP contribution in [-0.4, -0.2) is 0 Å². The predicted molar refractivity (Wildman–Crippen MR) is 94.9 cm³/mol. The Kier molecular flexibility index (Phi) is 2.56. The third kappa shape index (κ3) is 1.80. The zero-order valence-corrected chi connectivity index (χ0v) is 12.5. The number of rotatable bonds is 0. The van der Waals surface area contributed by atoms with Gasteiger partial charge in [-0.3, -0.25) is 0 Å². The summed E-state index contributed by atoms with van der Waals surface area (Å²) >= 11 is 0. The Morgan fingerprint density at radius 3 is 2.00 bits per heavy atom. The Bertz CT molecular complexity index is 1050. The lowest BCUT2D eigenvalue weighted by atomic mass is 9.93. The lowest BCUT2D eigenvalue weighted by molar-refractivity contribution is 0.493. The van der Waals surface area contributed by atoms with Crippen LogP contribution in [0.2, 0.25) is 0 Å². The highest BCUT2D eigenvalue weighted by Crippen LogP contribution is 2.48. The van der Waals surface area contributed by atoms with Crippen molar-refractivity contribution in [2.24, 2.45) is 0 Å². The molecule has 1 heterocycles. The van der Waals surface area contributed by atoms with Gasteiger partial charge in [-0.05, 0) is 28.6 Å². The van der Waals surface area contributed by atoms with E-state index in [4.69, 9.17) is 4.74 Å². The normalized spacial score (nSPS) is 11.8. The predicted octanol–water partition coefficient (Wildman–Crippen LogP) is 6.28. The Morgan fingerprint density at radius 2 is 1.13 bits per heavy atom. The molecule has 4 aromatic rings. The van der Waals surface area contributed by atoms with Gasteiger partial charge in [0.2, 0.25) is 0 Å². The van der Waals surface area contributed by atoms with Gasteiger partial charge >= 0.3 is 0 Å². The summed E-state index contributed by atoms with van der Waals surface area (Å²) in [7, 11) is 0. The first-order valence-electron chi connectivity index (χ1n) is 7.80. The number of hydrogen-bond acceptors (Lipinski definition) is 1. The van der Waals surface area contributed by atoms with Crippen LogP contribution in [0.5, 0.6) is 11.5 Å². The van der Waals surface area contributed by atoms with Gasteiger partial charge in [-0.1, -0.05) is 72.8 Å². The second kappa shape index (κ2) is 4.72. The average Bonchev–Trinajstić information content (AvgIpc) is 2.76. The van der Waals surface area contributed by atoms with Crippen molar-refractivity contribution in [3.05, 3.63) is 84.9 Å². The zero-order chi connectivity index (χ0) is 15.2. The van der Waals surface area contributed by atoms with E-state index in [0.717, 1.165) is 28.0 Å². The van der Waals surface area contributed by atoms with E-state index in [0.29, 0.717) is 0 Å². The summed E-state index contributed by atoms with van der Waals surface area (Å²) in [6.45, 7) is 0. The van der Waals surface area contributed by atoms with Gasteiger partial charge in [0, 0.05) is 16.5 Å². The van der Waals surface area contributed by atoms with Crippen LogP contribution in [-0.2, 0) is 0 Å². The molecule has 1 heteroatoms. The Morgan fingerprint density at radius 1 is 0.478 bits per heavy atom. The number of para-hydroxylation sites is 1. The summed E-state index contributed by atoms with van der Waals surface area (Å²) in [4.78, 5) is 0. The Labute approximate surface area is 134 Å². The topological polar surface area (TPSA) is 9.23 Å². The largest absolute Gasteiger partial charge is 0.455 e. The molecule has 0 aromatic heterocycles. The van der Waals surface area contributed by atoms with Crippen LogP contribution >= 0.6 is 0 Å². The fourth-order valence-corrected chi connectivity index (χ4v) is 3.41. The minimum absolute atomic E-state index is 0.912. The van der Waals surface area contributed by atoms with E-state index < -0.39 is 0 Å². The monoisotopic (exact) mass is 294 g/mol. The summed E-state index contributed by atoms with van der Waals surface area (Å²) < 4.78 is 6.40. The highest BCUT2D eigenvalue weighted by Gasteiger charge is 2.21. The quantitative estimate of drug-likeness (QED) is 0.326. The molecule has 5 rings (SSSR count). The second-order valence-corrected chi connectivity index (χ2v) is 5.81. The number of fused-ring (bicyclic) bond motifs is 7. The van der Waals surface area contributed by atoms with E-state index in [9.17, 15) is 0 Å². The molecule has 23 heavy (non-hydrogen) atoms. The molecule has 0 aliphatic carbocycles. The van der Waals surface area contributed by atoms with Crippen LogP contribution in [0.25, 0.3) is 33.0 Å². The van der Waals surface area contributed by atoms with E-state index in [1.54, 1.807) is 0 Å². The van der Waals surface area contributed by atoms with Crippen LogP contribution in [0, 0.1) is 0 Å². The molecule has 0 unspecified atom stereocenters. The minimum atomic E-state index is 0.912. The van der Waals surface area contributed by atoms with Crippen LogP contribution in [0.3, 0.4) is 0 Å². The number of benzene rings is 4. The first-order valence-corrected chi connectivity index (χ1v) is 7.80. The van der Waals surface area contributed by atoms with Crippen LogP contribution in [0.4, 0.5) is 0 Å². The molecule has 0 spiro atoms. The first-order chi connectivity index (χ1) is 11.4. The SMILES string of the molecule is c1ccc2c(c1)Oc1c(ccc3ccccc13)-c1ccccc1-2. The molecule has 1 aliphatic heterocycles. The van der Waals surface area contributed by atoms with Crippen molar-refractivity contribution in [2.75, 3.05) is 0 Å². The summed E-state index contributed by atoms with van der Waals surface area (Å²) in [5, 5.41) is 2.35.